The molecule has 114 valence electrons. The standard InChI is InChI=1S/C16H23N3O2/c1-12(2)15(20)17-14-7-5-4-6-13(14)16(21)19-10-8-18(3)9-11-19/h4-7,12H,8-11H2,1-3H3,(H,17,20). The maximum Gasteiger partial charge on any atom is 0.256 e. The van der Waals surface area contributed by atoms with Crippen molar-refractivity contribution in [3.8, 4) is 0 Å². The van der Waals surface area contributed by atoms with E-state index < -0.39 is 0 Å². The number of carbonyl (C=O) groups is 2. The van der Waals surface area contributed by atoms with E-state index in [4.69, 9.17) is 0 Å². The maximum absolute atomic E-state index is 12.6. The Hall–Kier alpha value is -1.88. The molecule has 0 bridgehead atoms. The molecule has 0 saturated carbocycles. The number of para-hydroxylation sites is 1. The lowest BCUT2D eigenvalue weighted by Crippen LogP contribution is -2.47. The highest BCUT2D eigenvalue weighted by Gasteiger charge is 2.23. The van der Waals surface area contributed by atoms with Gasteiger partial charge in [0.05, 0.1) is 11.3 Å². The minimum Gasteiger partial charge on any atom is -0.336 e. The summed E-state index contributed by atoms with van der Waals surface area (Å²) in [5.74, 6) is -0.201. The quantitative estimate of drug-likeness (QED) is 0.921. The van der Waals surface area contributed by atoms with Gasteiger partial charge in [0.1, 0.15) is 0 Å². The number of rotatable bonds is 3. The Kier molecular flexibility index (Phi) is 4.96. The Balaban J connectivity index is 2.15. The molecule has 0 atom stereocenters. The fourth-order valence-electron chi connectivity index (χ4n) is 2.24. The second kappa shape index (κ2) is 6.72. The van der Waals surface area contributed by atoms with E-state index in [0.717, 1.165) is 26.2 Å². The van der Waals surface area contributed by atoms with E-state index in [1.807, 2.05) is 30.9 Å². The number of nitrogens with zero attached hydrogens (tertiary/aromatic N) is 2. The predicted octanol–water partition coefficient (Wildman–Crippen LogP) is 1.67. The summed E-state index contributed by atoms with van der Waals surface area (Å²) in [4.78, 5) is 28.6. The number of benzene rings is 1. The molecule has 5 heteroatoms. The molecule has 0 spiro atoms. The number of hydrogen-bond acceptors (Lipinski definition) is 3. The SMILES string of the molecule is CC(C)C(=O)Nc1ccccc1C(=O)N1CCN(C)CC1. The fraction of sp³-hybridized carbons (Fsp3) is 0.500. The molecule has 2 rings (SSSR count). The van der Waals surface area contributed by atoms with Gasteiger partial charge in [-0.05, 0) is 19.2 Å². The monoisotopic (exact) mass is 289 g/mol. The maximum atomic E-state index is 12.6. The molecule has 0 unspecified atom stereocenters. The molecule has 1 aromatic rings. The highest BCUT2D eigenvalue weighted by atomic mass is 16.2. The number of amides is 2. The minimum absolute atomic E-state index is 0.0113. The average molecular weight is 289 g/mol. The van der Waals surface area contributed by atoms with Crippen molar-refractivity contribution < 1.29 is 9.59 Å². The molecular weight excluding hydrogens is 266 g/mol. The van der Waals surface area contributed by atoms with Gasteiger partial charge in [0, 0.05) is 32.1 Å². The molecule has 1 saturated heterocycles. The van der Waals surface area contributed by atoms with Gasteiger partial charge < -0.3 is 15.1 Å². The van der Waals surface area contributed by atoms with E-state index in [9.17, 15) is 9.59 Å². The molecule has 1 N–H and O–H groups in total. The first-order valence-electron chi connectivity index (χ1n) is 7.36. The van der Waals surface area contributed by atoms with Crippen LogP contribution in [0.2, 0.25) is 0 Å². The number of anilines is 1. The molecule has 1 aliphatic rings. The van der Waals surface area contributed by atoms with Crippen LogP contribution in [0.25, 0.3) is 0 Å². The molecule has 0 aromatic heterocycles. The fourth-order valence-corrected chi connectivity index (χ4v) is 2.24. The number of likely N-dealkylation sites (N-methyl/N-ethyl adjacent to an activating group) is 1. The zero-order chi connectivity index (χ0) is 15.4. The zero-order valence-corrected chi connectivity index (χ0v) is 12.9. The van der Waals surface area contributed by atoms with E-state index in [1.54, 1.807) is 12.1 Å². The predicted molar refractivity (Wildman–Crippen MR) is 83.3 cm³/mol. The third-order valence-corrected chi connectivity index (χ3v) is 3.73. The van der Waals surface area contributed by atoms with Crippen LogP contribution in [-0.2, 0) is 4.79 Å². The smallest absolute Gasteiger partial charge is 0.256 e. The van der Waals surface area contributed by atoms with E-state index in [2.05, 4.69) is 17.3 Å². The summed E-state index contributed by atoms with van der Waals surface area (Å²) >= 11 is 0. The van der Waals surface area contributed by atoms with Crippen LogP contribution in [0.1, 0.15) is 24.2 Å². The molecule has 1 heterocycles. The molecular formula is C16H23N3O2. The molecule has 1 aliphatic heterocycles. The van der Waals surface area contributed by atoms with Crippen LogP contribution in [0.4, 0.5) is 5.69 Å². The van der Waals surface area contributed by atoms with Gasteiger partial charge in [-0.25, -0.2) is 0 Å². The highest BCUT2D eigenvalue weighted by Crippen LogP contribution is 2.19. The number of nitrogens with one attached hydrogen (secondary N) is 1. The number of carbonyl (C=O) groups excluding carboxylic acids is 2. The van der Waals surface area contributed by atoms with Crippen LogP contribution in [0.3, 0.4) is 0 Å². The summed E-state index contributed by atoms with van der Waals surface area (Å²) in [6.45, 7) is 6.88. The number of hydrogen-bond donors (Lipinski definition) is 1. The molecule has 1 fully saturated rings. The highest BCUT2D eigenvalue weighted by molar-refractivity contribution is 6.04. The second-order valence-electron chi connectivity index (χ2n) is 5.79. The summed E-state index contributed by atoms with van der Waals surface area (Å²) in [6, 6.07) is 7.21. The first-order valence-corrected chi connectivity index (χ1v) is 7.36. The van der Waals surface area contributed by atoms with Crippen LogP contribution in [0, 0.1) is 5.92 Å². The minimum atomic E-state index is -0.114. The molecule has 2 amide bonds. The van der Waals surface area contributed by atoms with E-state index in [-0.39, 0.29) is 17.7 Å². The van der Waals surface area contributed by atoms with Crippen molar-refractivity contribution in [3.63, 3.8) is 0 Å². The van der Waals surface area contributed by atoms with Crippen LogP contribution < -0.4 is 5.32 Å². The van der Waals surface area contributed by atoms with Gasteiger partial charge in [0.15, 0.2) is 0 Å². The van der Waals surface area contributed by atoms with Gasteiger partial charge in [0.25, 0.3) is 5.91 Å². The Bertz CT molecular complexity index is 520. The van der Waals surface area contributed by atoms with Gasteiger partial charge in [-0.1, -0.05) is 26.0 Å². The van der Waals surface area contributed by atoms with Gasteiger partial charge in [-0.2, -0.15) is 0 Å². The van der Waals surface area contributed by atoms with Crippen molar-refractivity contribution >= 4 is 17.5 Å². The van der Waals surface area contributed by atoms with Crippen molar-refractivity contribution in [2.75, 3.05) is 38.5 Å². The summed E-state index contributed by atoms with van der Waals surface area (Å²) in [6.07, 6.45) is 0. The Morgan fingerprint density at radius 1 is 1.10 bits per heavy atom. The second-order valence-corrected chi connectivity index (χ2v) is 5.79. The first-order chi connectivity index (χ1) is 9.99. The molecule has 0 radical (unpaired) electrons. The third-order valence-electron chi connectivity index (χ3n) is 3.73. The summed E-state index contributed by atoms with van der Waals surface area (Å²) in [5, 5.41) is 2.84. The summed E-state index contributed by atoms with van der Waals surface area (Å²) in [5.41, 5.74) is 1.16. The Labute approximate surface area is 125 Å². The van der Waals surface area contributed by atoms with E-state index in [1.165, 1.54) is 0 Å². The Morgan fingerprint density at radius 2 is 1.71 bits per heavy atom. The lowest BCUT2D eigenvalue weighted by Gasteiger charge is -2.32. The van der Waals surface area contributed by atoms with Crippen molar-refractivity contribution in [1.82, 2.24) is 9.80 Å². The lowest BCUT2D eigenvalue weighted by molar-refractivity contribution is -0.118. The topological polar surface area (TPSA) is 52.7 Å². The largest absolute Gasteiger partial charge is 0.336 e. The van der Waals surface area contributed by atoms with E-state index in [0.29, 0.717) is 11.3 Å². The van der Waals surface area contributed by atoms with Crippen molar-refractivity contribution in [2.45, 2.75) is 13.8 Å². The average Bonchev–Trinajstić information content (AvgIpc) is 2.47. The van der Waals surface area contributed by atoms with Gasteiger partial charge in [-0.15, -0.1) is 0 Å². The van der Waals surface area contributed by atoms with Crippen LogP contribution in [0.5, 0.6) is 0 Å². The molecule has 21 heavy (non-hydrogen) atoms. The van der Waals surface area contributed by atoms with Crippen molar-refractivity contribution in [1.29, 1.82) is 0 Å². The zero-order valence-electron chi connectivity index (χ0n) is 12.9. The van der Waals surface area contributed by atoms with Gasteiger partial charge in [0.2, 0.25) is 5.91 Å². The molecule has 1 aromatic carbocycles. The van der Waals surface area contributed by atoms with Crippen LogP contribution in [-0.4, -0.2) is 54.8 Å². The van der Waals surface area contributed by atoms with Crippen molar-refractivity contribution in [3.05, 3.63) is 29.8 Å². The van der Waals surface area contributed by atoms with Crippen LogP contribution in [0.15, 0.2) is 24.3 Å². The first kappa shape index (κ1) is 15.5. The number of piperazine rings is 1. The van der Waals surface area contributed by atoms with Gasteiger partial charge >= 0.3 is 0 Å². The summed E-state index contributed by atoms with van der Waals surface area (Å²) < 4.78 is 0. The summed E-state index contributed by atoms with van der Waals surface area (Å²) in [7, 11) is 2.05. The normalized spacial score (nSPS) is 16.1. The molecule has 5 nitrogen and oxygen atoms in total. The van der Waals surface area contributed by atoms with E-state index >= 15 is 0 Å². The molecule has 0 aliphatic carbocycles. The third kappa shape index (κ3) is 3.82. The lowest BCUT2D eigenvalue weighted by atomic mass is 10.1. The Morgan fingerprint density at radius 3 is 2.33 bits per heavy atom. The van der Waals surface area contributed by atoms with Crippen LogP contribution >= 0.6 is 0 Å². The van der Waals surface area contributed by atoms with Gasteiger partial charge in [-0.3, -0.25) is 9.59 Å². The van der Waals surface area contributed by atoms with Crippen molar-refractivity contribution in [2.24, 2.45) is 5.92 Å².